The minimum absolute atomic E-state index is 0.0604. The highest BCUT2D eigenvalue weighted by molar-refractivity contribution is 8.17. The molecule has 2 amide bonds. The molecule has 0 bridgehead atoms. The molecule has 1 aliphatic rings. The second-order valence-electron chi connectivity index (χ2n) is 6.12. The Morgan fingerprint density at radius 3 is 2.09 bits per heavy atom. The lowest BCUT2D eigenvalue weighted by atomic mass is 10.0. The summed E-state index contributed by atoms with van der Waals surface area (Å²) in [4.78, 5) is 42.2. The van der Waals surface area contributed by atoms with Gasteiger partial charge < -0.3 is 15.4 Å². The van der Waals surface area contributed by atoms with Crippen LogP contribution in [0.2, 0.25) is 0 Å². The van der Waals surface area contributed by atoms with Crippen molar-refractivity contribution in [2.24, 2.45) is 0 Å². The Hall–Kier alpha value is -1.22. The quantitative estimate of drug-likeness (QED) is 0.380. The molecule has 2 atom stereocenters. The lowest BCUT2D eigenvalue weighted by Crippen LogP contribution is -2.59. The van der Waals surface area contributed by atoms with E-state index >= 15 is 0 Å². The van der Waals surface area contributed by atoms with Gasteiger partial charge in [-0.15, -0.1) is 0 Å². The predicted molar refractivity (Wildman–Crippen MR) is 92.1 cm³/mol. The maximum atomic E-state index is 10.9. The summed E-state index contributed by atoms with van der Waals surface area (Å²) in [6.07, 6.45) is -0.698. The number of ether oxygens (including phenoxy) is 1. The van der Waals surface area contributed by atoms with Gasteiger partial charge in [-0.25, -0.2) is 0 Å². The van der Waals surface area contributed by atoms with Crippen LogP contribution in [0.25, 0.3) is 0 Å². The van der Waals surface area contributed by atoms with Crippen LogP contribution in [0.15, 0.2) is 0 Å². The van der Waals surface area contributed by atoms with Crippen LogP contribution in [0.3, 0.4) is 0 Å². The van der Waals surface area contributed by atoms with Crippen molar-refractivity contribution in [3.05, 3.63) is 0 Å². The SMILES string of the molecule is CC(=O)N[C@@H](OC=O)C(C)(C)S.CC(=O)N[C@H]1C(=O)SC1(C)C. The van der Waals surface area contributed by atoms with E-state index in [1.165, 1.54) is 25.6 Å². The molecule has 1 rings (SSSR count). The Bertz CT molecular complexity index is 474. The van der Waals surface area contributed by atoms with Gasteiger partial charge in [-0.1, -0.05) is 11.8 Å². The van der Waals surface area contributed by atoms with Crippen molar-refractivity contribution < 1.29 is 23.9 Å². The van der Waals surface area contributed by atoms with Crippen LogP contribution in [-0.4, -0.2) is 45.2 Å². The highest BCUT2D eigenvalue weighted by Crippen LogP contribution is 2.41. The first-order chi connectivity index (χ1) is 10.3. The Kier molecular flexibility index (Phi) is 8.13. The van der Waals surface area contributed by atoms with Gasteiger partial charge >= 0.3 is 0 Å². The summed E-state index contributed by atoms with van der Waals surface area (Å²) in [7, 11) is 0. The first-order valence-electron chi connectivity index (χ1n) is 6.89. The third-order valence-electron chi connectivity index (χ3n) is 2.81. The van der Waals surface area contributed by atoms with E-state index in [0.717, 1.165) is 0 Å². The molecule has 0 aromatic heterocycles. The van der Waals surface area contributed by atoms with Gasteiger partial charge in [-0.2, -0.15) is 12.6 Å². The van der Waals surface area contributed by atoms with E-state index in [9.17, 15) is 19.2 Å². The molecule has 0 aromatic rings. The van der Waals surface area contributed by atoms with E-state index in [0.29, 0.717) is 6.47 Å². The van der Waals surface area contributed by atoms with E-state index in [4.69, 9.17) is 0 Å². The largest absolute Gasteiger partial charge is 0.442 e. The Morgan fingerprint density at radius 1 is 1.35 bits per heavy atom. The van der Waals surface area contributed by atoms with Crippen molar-refractivity contribution >= 4 is 47.8 Å². The zero-order chi connectivity index (χ0) is 18.4. The van der Waals surface area contributed by atoms with Gasteiger partial charge in [0.1, 0.15) is 6.04 Å². The summed E-state index contributed by atoms with van der Waals surface area (Å²) in [6.45, 7) is 10.4. The fraction of sp³-hybridized carbons (Fsp3) is 0.714. The monoisotopic (exact) mass is 364 g/mol. The maximum Gasteiger partial charge on any atom is 0.295 e. The third kappa shape index (κ3) is 7.74. The predicted octanol–water partition coefficient (Wildman–Crippen LogP) is 0.873. The van der Waals surface area contributed by atoms with Crippen LogP contribution in [0.5, 0.6) is 0 Å². The molecule has 0 aliphatic carbocycles. The van der Waals surface area contributed by atoms with Crippen molar-refractivity contribution in [1.82, 2.24) is 10.6 Å². The van der Waals surface area contributed by atoms with Crippen molar-refractivity contribution in [3.63, 3.8) is 0 Å². The van der Waals surface area contributed by atoms with Gasteiger partial charge in [0.2, 0.25) is 16.9 Å². The number of thioether (sulfide) groups is 1. The number of hydrogen-bond donors (Lipinski definition) is 3. The summed E-state index contributed by atoms with van der Waals surface area (Å²) < 4.78 is 3.92. The summed E-state index contributed by atoms with van der Waals surface area (Å²) >= 11 is 5.44. The molecule has 0 radical (unpaired) electrons. The van der Waals surface area contributed by atoms with E-state index in [1.54, 1.807) is 13.8 Å². The van der Waals surface area contributed by atoms with Gasteiger partial charge in [0, 0.05) is 18.6 Å². The summed E-state index contributed by atoms with van der Waals surface area (Å²) in [5, 5.41) is 5.12. The van der Waals surface area contributed by atoms with Crippen LogP contribution in [0.4, 0.5) is 0 Å². The Balaban J connectivity index is 0.000000422. The zero-order valence-corrected chi connectivity index (χ0v) is 15.8. The second kappa shape index (κ2) is 8.58. The van der Waals surface area contributed by atoms with Gasteiger partial charge in [-0.05, 0) is 27.7 Å². The molecular formula is C14H24N2O5S2. The summed E-state index contributed by atoms with van der Waals surface area (Å²) in [5.74, 6) is -0.402. The molecule has 0 unspecified atom stereocenters. The Morgan fingerprint density at radius 2 is 1.87 bits per heavy atom. The van der Waals surface area contributed by atoms with E-state index in [1.807, 2.05) is 13.8 Å². The molecule has 9 heteroatoms. The highest BCUT2D eigenvalue weighted by atomic mass is 32.2. The smallest absolute Gasteiger partial charge is 0.295 e. The van der Waals surface area contributed by atoms with Crippen LogP contribution in [0, 0.1) is 0 Å². The lowest BCUT2D eigenvalue weighted by molar-refractivity contribution is -0.139. The van der Waals surface area contributed by atoms with Crippen molar-refractivity contribution in [3.8, 4) is 0 Å². The fourth-order valence-electron chi connectivity index (χ4n) is 1.66. The number of thiol groups is 1. The molecular weight excluding hydrogens is 340 g/mol. The van der Waals surface area contributed by atoms with Gasteiger partial charge in [0.15, 0.2) is 6.23 Å². The molecule has 1 saturated heterocycles. The minimum Gasteiger partial charge on any atom is -0.442 e. The van der Waals surface area contributed by atoms with Gasteiger partial charge in [0.25, 0.3) is 6.47 Å². The van der Waals surface area contributed by atoms with Crippen LogP contribution in [0.1, 0.15) is 41.5 Å². The van der Waals surface area contributed by atoms with E-state index in [-0.39, 0.29) is 27.7 Å². The first kappa shape index (κ1) is 21.8. The number of carbonyl (C=O) groups excluding carboxylic acids is 4. The van der Waals surface area contributed by atoms with Crippen LogP contribution >= 0.6 is 24.4 Å². The molecule has 1 fully saturated rings. The highest BCUT2D eigenvalue weighted by Gasteiger charge is 2.48. The average molecular weight is 364 g/mol. The number of hydrogen-bond acceptors (Lipinski definition) is 7. The molecule has 23 heavy (non-hydrogen) atoms. The molecule has 2 N–H and O–H groups in total. The molecule has 0 spiro atoms. The zero-order valence-electron chi connectivity index (χ0n) is 14.1. The first-order valence-corrected chi connectivity index (χ1v) is 8.16. The van der Waals surface area contributed by atoms with E-state index in [2.05, 4.69) is 28.0 Å². The summed E-state index contributed by atoms with van der Waals surface area (Å²) in [5.41, 5.74) is 0. The Labute approximate surface area is 146 Å². The van der Waals surface area contributed by atoms with Gasteiger partial charge in [-0.3, -0.25) is 19.2 Å². The van der Waals surface area contributed by atoms with Crippen LogP contribution < -0.4 is 10.6 Å². The third-order valence-corrected chi connectivity index (χ3v) is 4.24. The van der Waals surface area contributed by atoms with Crippen molar-refractivity contribution in [1.29, 1.82) is 0 Å². The maximum absolute atomic E-state index is 10.9. The molecule has 0 saturated carbocycles. The van der Waals surface area contributed by atoms with Gasteiger partial charge in [0.05, 0.1) is 4.75 Å². The second-order valence-corrected chi connectivity index (χ2v) is 8.94. The molecule has 7 nitrogen and oxygen atoms in total. The fourth-order valence-corrected chi connectivity index (χ4v) is 2.87. The minimum atomic E-state index is -0.698. The topological polar surface area (TPSA) is 102 Å². The number of carbonyl (C=O) groups is 4. The standard InChI is InChI=1S/C7H13NO3S.C7H11NO2S/c1-5(10)8-6(11-4-9)7(2,3)12;1-4(9)8-5-6(10)11-7(5,2)3/h4,6,12H,1-3H3,(H,8,10);5H,1-3H3,(H,8,9)/t6-;5-/m00/s1. The molecule has 1 aliphatic heterocycles. The van der Waals surface area contributed by atoms with E-state index < -0.39 is 11.0 Å². The number of rotatable bonds is 5. The van der Waals surface area contributed by atoms with Crippen LogP contribution in [-0.2, 0) is 23.9 Å². The number of amides is 2. The van der Waals surface area contributed by atoms with Crippen molar-refractivity contribution in [2.75, 3.05) is 0 Å². The molecule has 132 valence electrons. The summed E-state index contributed by atoms with van der Waals surface area (Å²) in [6, 6.07) is -0.287. The average Bonchev–Trinajstić information content (AvgIpc) is 2.34. The normalized spacial score (nSPS) is 20.1. The molecule has 0 aromatic carbocycles. The lowest BCUT2D eigenvalue weighted by Gasteiger charge is -2.41. The molecule has 1 heterocycles. The number of nitrogens with one attached hydrogen (secondary N) is 2. The van der Waals surface area contributed by atoms with Crippen molar-refractivity contribution in [2.45, 2.75) is 63.3 Å².